The molecular formula is C50H80O22. The zero-order chi connectivity index (χ0) is 51.5. The molecule has 6 aliphatic heterocycles. The van der Waals surface area contributed by atoms with E-state index >= 15 is 0 Å². The average Bonchev–Trinajstić information content (AvgIpc) is 3.80. The molecule has 0 radical (unpaired) electrons. The van der Waals surface area contributed by atoms with Gasteiger partial charge in [-0.05, 0) is 80.5 Å². The molecule has 0 bridgehead atoms. The van der Waals surface area contributed by atoms with Gasteiger partial charge in [-0.3, -0.25) is 0 Å². The lowest BCUT2D eigenvalue weighted by Crippen LogP contribution is -2.68. The number of hydrogen-bond acceptors (Lipinski definition) is 22. The van der Waals surface area contributed by atoms with E-state index in [0.717, 1.165) is 44.1 Å². The predicted molar refractivity (Wildman–Crippen MR) is 242 cm³/mol. The molecule has 0 unspecified atom stereocenters. The van der Waals surface area contributed by atoms with E-state index in [4.69, 9.17) is 47.4 Å². The highest BCUT2D eigenvalue weighted by atomic mass is 16.8. The summed E-state index contributed by atoms with van der Waals surface area (Å²) in [6.07, 6.45) is -24.9. The fraction of sp³-hybridized carbons (Fsp3) is 0.960. The number of ether oxygens (including phenoxy) is 10. The molecule has 31 atom stereocenters. The molecule has 0 aromatic carbocycles. The second-order valence-corrected chi connectivity index (χ2v) is 23.5. The first kappa shape index (κ1) is 54.2. The van der Waals surface area contributed by atoms with Gasteiger partial charge in [-0.1, -0.05) is 39.3 Å². The Bertz CT molecular complexity index is 1910. The molecule has 9 fully saturated rings. The topological polar surface area (TPSA) is 335 Å². The Balaban J connectivity index is 0.950. The van der Waals surface area contributed by atoms with Crippen LogP contribution in [0.1, 0.15) is 86.0 Å². The van der Waals surface area contributed by atoms with E-state index in [1.165, 1.54) is 6.92 Å². The van der Waals surface area contributed by atoms with Crippen LogP contribution in [0, 0.1) is 46.3 Å². The zero-order valence-corrected chi connectivity index (χ0v) is 41.7. The van der Waals surface area contributed by atoms with Gasteiger partial charge in [0.2, 0.25) is 0 Å². The summed E-state index contributed by atoms with van der Waals surface area (Å²) in [5, 5.41) is 131. The van der Waals surface area contributed by atoms with E-state index in [1.807, 2.05) is 0 Å². The van der Waals surface area contributed by atoms with Crippen molar-refractivity contribution in [2.24, 2.45) is 46.3 Å². The van der Waals surface area contributed by atoms with E-state index in [1.54, 1.807) is 0 Å². The van der Waals surface area contributed by atoms with Crippen molar-refractivity contribution in [3.8, 4) is 0 Å². The molecule has 3 saturated carbocycles. The molecule has 6 heterocycles. The fourth-order valence-corrected chi connectivity index (χ4v) is 15.3. The Morgan fingerprint density at radius 3 is 2.00 bits per heavy atom. The smallest absolute Gasteiger partial charge is 0.187 e. The van der Waals surface area contributed by atoms with Crippen LogP contribution >= 0.6 is 0 Å². The van der Waals surface area contributed by atoms with Gasteiger partial charge in [-0.15, -0.1) is 0 Å². The first-order valence-corrected chi connectivity index (χ1v) is 26.4. The highest BCUT2D eigenvalue weighted by Gasteiger charge is 2.70. The summed E-state index contributed by atoms with van der Waals surface area (Å²) in [5.74, 6) is 1.11. The fourth-order valence-electron chi connectivity index (χ4n) is 15.3. The molecule has 10 aliphatic rings. The Hall–Kier alpha value is -1.14. The number of fused-ring (bicyclic) bond motifs is 7. The Kier molecular flexibility index (Phi) is 15.5. The number of allylic oxidation sites excluding steroid dienone is 1. The Morgan fingerprint density at radius 2 is 1.29 bits per heavy atom. The van der Waals surface area contributed by atoms with Crippen LogP contribution < -0.4 is 0 Å². The van der Waals surface area contributed by atoms with Crippen molar-refractivity contribution < 1.29 is 109 Å². The first-order chi connectivity index (χ1) is 34.1. The van der Waals surface area contributed by atoms with Gasteiger partial charge >= 0.3 is 0 Å². The number of aliphatic hydroxyl groups is 12. The molecule has 0 aromatic rings. The Morgan fingerprint density at radius 1 is 0.625 bits per heavy atom. The summed E-state index contributed by atoms with van der Waals surface area (Å²) in [7, 11) is 0. The van der Waals surface area contributed by atoms with Crippen molar-refractivity contribution in [3.05, 3.63) is 11.6 Å². The van der Waals surface area contributed by atoms with Gasteiger partial charge in [0, 0.05) is 24.2 Å². The lowest BCUT2D eigenvalue weighted by molar-refractivity contribution is -0.401. The third-order valence-electron chi connectivity index (χ3n) is 19.5. The Labute approximate surface area is 419 Å². The van der Waals surface area contributed by atoms with E-state index in [2.05, 4.69) is 33.8 Å². The van der Waals surface area contributed by atoms with Gasteiger partial charge in [0.25, 0.3) is 0 Å². The average molecular weight is 1030 g/mol. The summed E-state index contributed by atoms with van der Waals surface area (Å²) in [5.41, 5.74) is 0.342. The largest absolute Gasteiger partial charge is 0.394 e. The number of rotatable bonds is 10. The van der Waals surface area contributed by atoms with Crippen LogP contribution in [-0.4, -0.2) is 229 Å². The van der Waals surface area contributed by atoms with Crippen LogP contribution in [0.2, 0.25) is 0 Å². The van der Waals surface area contributed by atoms with Crippen molar-refractivity contribution >= 4 is 0 Å². The number of aliphatic hydroxyl groups excluding tert-OH is 12. The highest BCUT2D eigenvalue weighted by Crippen LogP contribution is 2.71. The monoisotopic (exact) mass is 1030 g/mol. The van der Waals surface area contributed by atoms with Gasteiger partial charge in [0.05, 0.1) is 50.8 Å². The van der Waals surface area contributed by atoms with Gasteiger partial charge < -0.3 is 109 Å². The summed E-state index contributed by atoms with van der Waals surface area (Å²) in [6.45, 7) is 9.25. The van der Waals surface area contributed by atoms with Crippen molar-refractivity contribution in [1.29, 1.82) is 0 Å². The van der Waals surface area contributed by atoms with Crippen LogP contribution in [0.25, 0.3) is 0 Å². The van der Waals surface area contributed by atoms with Crippen molar-refractivity contribution in [2.75, 3.05) is 26.4 Å². The normalized spacial score (nSPS) is 57.8. The molecule has 12 N–H and O–H groups in total. The van der Waals surface area contributed by atoms with Gasteiger partial charge in [0.15, 0.2) is 30.9 Å². The highest BCUT2D eigenvalue weighted by molar-refractivity contribution is 5.29. The summed E-state index contributed by atoms with van der Waals surface area (Å²) in [4.78, 5) is 0. The third kappa shape index (κ3) is 8.99. The van der Waals surface area contributed by atoms with Crippen LogP contribution in [0.15, 0.2) is 11.6 Å². The minimum atomic E-state index is -1.95. The SMILES string of the molecule is C[C@@H]1CC[C@@]2(OC1)O[C@H]1C[C@H]3[C@@H]4CC=C5C[C@@H](O)C[C@@H](O[C@@H]6O[C@H](CO)[C@@H](O)[C@H](O[C@@H]7OC[C@@H](O)[C@H](O)[C@H]7O)[C@H]6O[C@@H]6O[C@@H](C)[C@H](O)[C@@H](O[C@@H]7O[C@H](CO)[C@@H](O)[C@H](O)[C@H]7O)[C@H]6O)[C@]5(C)[C@H]4CC[C@]3(C)[C@H]1[C@H]2C. The standard InChI is InChI=1S/C50H80O22/c1-19-8-11-50(64-17-19)20(2)32-28(72-50)14-26-24-7-6-22-12-23(53)13-31(49(22,5)25(24)9-10-48(26,32)4)68-47-43(42(36(58)30(16-52)67-47)70-44-38(60)34(56)27(54)18-63-44)71-46-40(62)41(33(55)21(3)65-46)69-45-39(61)37(59)35(57)29(15-51)66-45/h6,19-21,23-47,51-62H,7-18H2,1-5H3/t19-,20-,21+,23-,24-,25+,26+,27-,28+,29-,30-,31-,32+,33+,34+,35-,36-,37+,38-,39-,40-,41-,42+,43-,44+,45+,46+,47+,48+,49+,50-/m1/s1. The van der Waals surface area contributed by atoms with Crippen LogP contribution in [0.3, 0.4) is 0 Å². The molecule has 412 valence electrons. The molecule has 0 amide bonds. The minimum absolute atomic E-state index is 0.0147. The van der Waals surface area contributed by atoms with Gasteiger partial charge in [0.1, 0.15) is 85.5 Å². The van der Waals surface area contributed by atoms with E-state index in [0.29, 0.717) is 30.8 Å². The third-order valence-corrected chi connectivity index (χ3v) is 19.5. The molecule has 10 rings (SSSR count). The molecule has 0 aromatic heterocycles. The van der Waals surface area contributed by atoms with Crippen molar-refractivity contribution in [1.82, 2.24) is 0 Å². The lowest BCUT2D eigenvalue weighted by Gasteiger charge is -2.61. The summed E-state index contributed by atoms with van der Waals surface area (Å²) in [6, 6.07) is 0. The maximum Gasteiger partial charge on any atom is 0.187 e. The first-order valence-electron chi connectivity index (χ1n) is 26.4. The molecule has 72 heavy (non-hydrogen) atoms. The molecule has 22 heteroatoms. The predicted octanol–water partition coefficient (Wildman–Crippen LogP) is -2.35. The van der Waals surface area contributed by atoms with Crippen LogP contribution in [0.4, 0.5) is 0 Å². The minimum Gasteiger partial charge on any atom is -0.394 e. The van der Waals surface area contributed by atoms with Crippen molar-refractivity contribution in [3.63, 3.8) is 0 Å². The van der Waals surface area contributed by atoms with E-state index in [-0.39, 0.29) is 35.7 Å². The summed E-state index contributed by atoms with van der Waals surface area (Å²) >= 11 is 0. The zero-order valence-electron chi connectivity index (χ0n) is 41.7. The quantitative estimate of drug-likeness (QED) is 0.102. The second kappa shape index (κ2) is 20.6. The summed E-state index contributed by atoms with van der Waals surface area (Å²) < 4.78 is 63.0. The maximum atomic E-state index is 12.0. The van der Waals surface area contributed by atoms with Crippen LogP contribution in [0.5, 0.6) is 0 Å². The number of hydrogen-bond donors (Lipinski definition) is 12. The maximum absolute atomic E-state index is 12.0. The van der Waals surface area contributed by atoms with Gasteiger partial charge in [-0.25, -0.2) is 0 Å². The molecule has 4 aliphatic carbocycles. The van der Waals surface area contributed by atoms with Crippen LogP contribution in [-0.2, 0) is 47.4 Å². The lowest BCUT2D eigenvalue weighted by atomic mass is 9.46. The second-order valence-electron chi connectivity index (χ2n) is 23.5. The van der Waals surface area contributed by atoms with E-state index < -0.39 is 160 Å². The molecule has 22 nitrogen and oxygen atoms in total. The van der Waals surface area contributed by atoms with Crippen molar-refractivity contribution in [2.45, 2.75) is 227 Å². The van der Waals surface area contributed by atoms with Gasteiger partial charge in [-0.2, -0.15) is 0 Å². The molecule has 1 spiro atoms. The molecular weight excluding hydrogens is 953 g/mol. The molecule has 6 saturated heterocycles. The van der Waals surface area contributed by atoms with E-state index in [9.17, 15) is 61.3 Å².